The molecular formula is C50H75N7O10. The van der Waals surface area contributed by atoms with Crippen molar-refractivity contribution in [3.05, 3.63) is 71.8 Å². The van der Waals surface area contributed by atoms with E-state index in [2.05, 4.69) is 31.9 Å². The van der Waals surface area contributed by atoms with Gasteiger partial charge in [-0.05, 0) is 122 Å². The second kappa shape index (κ2) is 23.8. The van der Waals surface area contributed by atoms with Gasteiger partial charge in [0.05, 0.1) is 0 Å². The van der Waals surface area contributed by atoms with E-state index in [1.807, 2.05) is 74.5 Å². The fraction of sp³-hybridized carbons (Fsp3) is 0.620. The van der Waals surface area contributed by atoms with Crippen molar-refractivity contribution >= 4 is 41.8 Å². The monoisotopic (exact) mass is 934 g/mol. The third-order valence-corrected chi connectivity index (χ3v) is 12.1. The van der Waals surface area contributed by atoms with Crippen LogP contribution in [0.3, 0.4) is 0 Å². The van der Waals surface area contributed by atoms with Crippen molar-refractivity contribution in [1.29, 1.82) is 0 Å². The summed E-state index contributed by atoms with van der Waals surface area (Å²) in [4.78, 5) is 96.4. The lowest BCUT2D eigenvalue weighted by molar-refractivity contribution is -0.161. The fourth-order valence-electron chi connectivity index (χ4n) is 8.76. The number of likely N-dealkylation sites (N-methyl/N-ethyl adjacent to an activating group) is 1. The van der Waals surface area contributed by atoms with Crippen molar-refractivity contribution in [2.24, 2.45) is 11.3 Å². The Bertz CT molecular complexity index is 1980. The van der Waals surface area contributed by atoms with Crippen molar-refractivity contribution in [1.82, 2.24) is 36.8 Å². The molecule has 2 aromatic rings. The molecule has 1 saturated heterocycles. The second-order valence-corrected chi connectivity index (χ2v) is 20.6. The summed E-state index contributed by atoms with van der Waals surface area (Å²) in [5.74, 6) is -3.08. The first-order valence-electron chi connectivity index (χ1n) is 23.6. The minimum absolute atomic E-state index is 0.0652. The predicted molar refractivity (Wildman–Crippen MR) is 254 cm³/mol. The second-order valence-electron chi connectivity index (χ2n) is 20.6. The Hall–Kier alpha value is -5.71. The number of rotatable bonds is 21. The van der Waals surface area contributed by atoms with Gasteiger partial charge in [-0.25, -0.2) is 9.59 Å². The van der Waals surface area contributed by atoms with Gasteiger partial charge in [0.15, 0.2) is 0 Å². The third kappa shape index (κ3) is 17.2. The maximum atomic E-state index is 14.4. The third-order valence-electron chi connectivity index (χ3n) is 12.1. The molecule has 67 heavy (non-hydrogen) atoms. The molecule has 17 nitrogen and oxygen atoms in total. The summed E-state index contributed by atoms with van der Waals surface area (Å²) in [6.45, 7) is 15.3. The van der Waals surface area contributed by atoms with E-state index >= 15 is 0 Å². The minimum atomic E-state index is -1.18. The van der Waals surface area contributed by atoms with Crippen molar-refractivity contribution in [3.8, 4) is 0 Å². The van der Waals surface area contributed by atoms with E-state index in [4.69, 9.17) is 9.47 Å². The maximum Gasteiger partial charge on any atom is 0.408 e. The number of carboxylic acid groups (broad SMARTS) is 1. The van der Waals surface area contributed by atoms with E-state index in [0.717, 1.165) is 11.1 Å². The first-order valence-corrected chi connectivity index (χ1v) is 23.6. The van der Waals surface area contributed by atoms with Gasteiger partial charge < -0.3 is 51.4 Å². The summed E-state index contributed by atoms with van der Waals surface area (Å²) in [6, 6.07) is 13.9. The quantitative estimate of drug-likeness (QED) is 0.0823. The van der Waals surface area contributed by atoms with E-state index in [9.17, 15) is 38.7 Å². The Kier molecular flexibility index (Phi) is 19.2. The lowest BCUT2D eigenvalue weighted by atomic mass is 9.53. The molecule has 1 spiro atoms. The van der Waals surface area contributed by atoms with Gasteiger partial charge in [-0.1, -0.05) is 74.5 Å². The van der Waals surface area contributed by atoms with E-state index in [1.54, 1.807) is 53.5 Å². The molecule has 6 amide bonds. The molecule has 1 saturated carbocycles. The number of nitrogens with zero attached hydrogens (tertiary/aromatic N) is 1. The standard InChI is InChI=1S/C50H75N7O10/c1-33(2)28-37(54-41(59)38(29-34-18-12-10-13-19-34)55-42(60)39(30-35-20-14-11-15-21-35)56-46(65)67-48(6,7)8)40(58)53-36(22-16-17-25-52-45(64)66-47(3,4)5)43(61)57-26-23-49(24-27-57)31-50(32-49,51-9)44(62)63/h10-15,18-21,33,36-39,51H,16-17,22-32H2,1-9H3,(H,52,64)(H,53,58)(H,54,59)(H,55,60)(H,56,65)(H,62,63)/t36-,37-,38-,39-/m1/s1. The number of nitrogens with one attached hydrogen (secondary N) is 6. The van der Waals surface area contributed by atoms with Gasteiger partial charge in [-0.3, -0.25) is 24.0 Å². The molecule has 0 bridgehead atoms. The Morgan fingerprint density at radius 1 is 0.657 bits per heavy atom. The van der Waals surface area contributed by atoms with Crippen LogP contribution in [-0.2, 0) is 46.3 Å². The van der Waals surface area contributed by atoms with Crippen molar-refractivity contribution < 1.29 is 48.1 Å². The largest absolute Gasteiger partial charge is 0.480 e. The highest BCUT2D eigenvalue weighted by Gasteiger charge is 2.59. The number of aliphatic carboxylic acids is 1. The van der Waals surface area contributed by atoms with Crippen molar-refractivity contribution in [3.63, 3.8) is 0 Å². The molecule has 4 atom stereocenters. The summed E-state index contributed by atoms with van der Waals surface area (Å²) >= 11 is 0. The molecule has 0 aromatic heterocycles. The highest BCUT2D eigenvalue weighted by atomic mass is 16.6. The molecule has 4 rings (SSSR count). The first kappa shape index (κ1) is 53.9. The molecule has 0 unspecified atom stereocenters. The zero-order valence-corrected chi connectivity index (χ0v) is 40.9. The number of piperidine rings is 1. The van der Waals surface area contributed by atoms with E-state index in [1.165, 1.54) is 0 Å². The van der Waals surface area contributed by atoms with Crippen LogP contribution in [0, 0.1) is 11.3 Å². The topological polar surface area (TPSA) is 234 Å². The number of benzene rings is 2. The van der Waals surface area contributed by atoms with Crippen molar-refractivity contribution in [2.75, 3.05) is 26.7 Å². The minimum Gasteiger partial charge on any atom is -0.480 e. The number of likely N-dealkylation sites (tertiary alicyclic amines) is 1. The van der Waals surface area contributed by atoms with Gasteiger partial charge in [-0.15, -0.1) is 0 Å². The molecule has 17 heteroatoms. The molecule has 1 heterocycles. The zero-order chi connectivity index (χ0) is 49.6. The number of alkyl carbamates (subject to hydrolysis) is 2. The molecule has 2 fully saturated rings. The van der Waals surface area contributed by atoms with Gasteiger partial charge in [0, 0.05) is 32.5 Å². The van der Waals surface area contributed by atoms with Gasteiger partial charge in [0.1, 0.15) is 40.9 Å². The Balaban J connectivity index is 1.54. The average Bonchev–Trinajstić information content (AvgIpc) is 3.23. The molecule has 1 aliphatic carbocycles. The van der Waals surface area contributed by atoms with E-state index in [-0.39, 0.29) is 49.5 Å². The highest BCUT2D eigenvalue weighted by Crippen LogP contribution is 2.54. The summed E-state index contributed by atoms with van der Waals surface area (Å²) < 4.78 is 10.8. The van der Waals surface area contributed by atoms with E-state index < -0.39 is 76.8 Å². The molecule has 2 aromatic carbocycles. The smallest absolute Gasteiger partial charge is 0.408 e. The Morgan fingerprint density at radius 3 is 1.60 bits per heavy atom. The summed E-state index contributed by atoms with van der Waals surface area (Å²) in [5.41, 5.74) is -1.17. The predicted octanol–water partition coefficient (Wildman–Crippen LogP) is 5.01. The molecular weight excluding hydrogens is 859 g/mol. The number of amides is 6. The van der Waals surface area contributed by atoms with Crippen LogP contribution in [0.4, 0.5) is 9.59 Å². The summed E-state index contributed by atoms with van der Waals surface area (Å²) in [5, 5.41) is 27.0. The Labute approximate surface area is 396 Å². The van der Waals surface area contributed by atoms with Crippen LogP contribution in [0.5, 0.6) is 0 Å². The van der Waals surface area contributed by atoms with Crippen LogP contribution >= 0.6 is 0 Å². The average molecular weight is 934 g/mol. The highest BCUT2D eigenvalue weighted by molar-refractivity contribution is 5.95. The molecule has 2 aliphatic rings. The van der Waals surface area contributed by atoms with Crippen LogP contribution in [-0.4, -0.2) is 119 Å². The fourth-order valence-corrected chi connectivity index (χ4v) is 8.76. The number of hydrogen-bond donors (Lipinski definition) is 7. The van der Waals surface area contributed by atoms with Crippen LogP contribution in [0.2, 0.25) is 0 Å². The lowest BCUT2D eigenvalue weighted by Gasteiger charge is -2.57. The number of carbonyl (C=O) groups is 7. The lowest BCUT2D eigenvalue weighted by Crippen LogP contribution is -2.66. The van der Waals surface area contributed by atoms with Gasteiger partial charge in [0.2, 0.25) is 23.6 Å². The molecule has 7 N–H and O–H groups in total. The number of unbranched alkanes of at least 4 members (excludes halogenated alkanes) is 1. The Morgan fingerprint density at radius 2 is 1.12 bits per heavy atom. The van der Waals surface area contributed by atoms with Gasteiger partial charge in [0.25, 0.3) is 0 Å². The van der Waals surface area contributed by atoms with Crippen LogP contribution in [0.15, 0.2) is 60.7 Å². The summed E-state index contributed by atoms with van der Waals surface area (Å²) in [6.07, 6.45) is 2.39. The molecule has 370 valence electrons. The number of hydrogen-bond acceptors (Lipinski definition) is 10. The SMILES string of the molecule is CNC1(C(=O)O)CC2(CCN(C(=O)[C@@H](CCCCNC(=O)OC(C)(C)C)NC(=O)[C@@H](CC(C)C)NC(=O)[C@@H](Cc3ccccc3)NC(=O)[C@@H](Cc3ccccc3)NC(=O)OC(C)(C)C)CC2)C1. The van der Waals surface area contributed by atoms with Crippen LogP contribution < -0.4 is 31.9 Å². The van der Waals surface area contributed by atoms with Crippen LogP contribution in [0.1, 0.15) is 118 Å². The number of carboxylic acids is 1. The molecule has 0 radical (unpaired) electrons. The first-order chi connectivity index (χ1) is 31.4. The maximum absolute atomic E-state index is 14.4. The summed E-state index contributed by atoms with van der Waals surface area (Å²) in [7, 11) is 1.65. The van der Waals surface area contributed by atoms with Crippen molar-refractivity contribution in [2.45, 2.75) is 161 Å². The van der Waals surface area contributed by atoms with E-state index in [0.29, 0.717) is 51.6 Å². The van der Waals surface area contributed by atoms with Crippen LogP contribution in [0.25, 0.3) is 0 Å². The van der Waals surface area contributed by atoms with Gasteiger partial charge >= 0.3 is 18.2 Å². The zero-order valence-electron chi connectivity index (χ0n) is 40.9. The number of ether oxygens (including phenoxy) is 2. The normalized spacial score (nSPS) is 17.1. The number of carbonyl (C=O) groups excluding carboxylic acids is 6. The van der Waals surface area contributed by atoms with Gasteiger partial charge in [-0.2, -0.15) is 0 Å². The molecule has 1 aliphatic heterocycles.